The predicted octanol–water partition coefficient (Wildman–Crippen LogP) is 3.65. The molecule has 1 aliphatic heterocycles. The highest BCUT2D eigenvalue weighted by atomic mass is 19.1. The average molecular weight is 384 g/mol. The minimum absolute atomic E-state index is 0.0411. The number of morpholine rings is 1. The lowest BCUT2D eigenvalue weighted by molar-refractivity contribution is -0.121. The molecule has 28 heavy (non-hydrogen) atoms. The van der Waals surface area contributed by atoms with Crippen molar-refractivity contribution < 1.29 is 13.9 Å². The summed E-state index contributed by atoms with van der Waals surface area (Å²) in [5.41, 5.74) is 3.39. The van der Waals surface area contributed by atoms with E-state index in [4.69, 9.17) is 4.74 Å². The molecule has 2 aromatic rings. The summed E-state index contributed by atoms with van der Waals surface area (Å²) in [5.74, 6) is -0.207. The predicted molar refractivity (Wildman–Crippen MR) is 109 cm³/mol. The van der Waals surface area contributed by atoms with Gasteiger partial charge >= 0.3 is 0 Å². The van der Waals surface area contributed by atoms with Crippen molar-refractivity contribution in [3.05, 3.63) is 71.0 Å². The highest BCUT2D eigenvalue weighted by Crippen LogP contribution is 2.22. The first-order valence-corrected chi connectivity index (χ1v) is 10.0. The van der Waals surface area contributed by atoms with Crippen molar-refractivity contribution in [1.82, 2.24) is 10.2 Å². The van der Waals surface area contributed by atoms with E-state index in [1.54, 1.807) is 12.1 Å². The first-order chi connectivity index (χ1) is 13.6. The van der Waals surface area contributed by atoms with Gasteiger partial charge in [-0.2, -0.15) is 0 Å². The molecule has 1 N–H and O–H groups in total. The molecule has 150 valence electrons. The van der Waals surface area contributed by atoms with Crippen LogP contribution >= 0.6 is 0 Å². The Morgan fingerprint density at radius 3 is 2.64 bits per heavy atom. The maximum absolute atomic E-state index is 13.7. The quantitative estimate of drug-likeness (QED) is 0.755. The second kappa shape index (κ2) is 10.3. The van der Waals surface area contributed by atoms with Crippen molar-refractivity contribution in [2.75, 3.05) is 32.8 Å². The number of aryl methyl sites for hydroxylation is 2. The van der Waals surface area contributed by atoms with Crippen LogP contribution in [0.15, 0.2) is 48.5 Å². The topological polar surface area (TPSA) is 41.6 Å². The van der Waals surface area contributed by atoms with Crippen LogP contribution in [0.4, 0.5) is 4.39 Å². The number of hydrogen-bond donors (Lipinski definition) is 1. The molecule has 5 heteroatoms. The van der Waals surface area contributed by atoms with Crippen LogP contribution in [0.25, 0.3) is 0 Å². The molecule has 0 spiro atoms. The molecule has 0 radical (unpaired) electrons. The van der Waals surface area contributed by atoms with Gasteiger partial charge in [0.1, 0.15) is 5.82 Å². The molecule has 0 bridgehead atoms. The second-order valence-electron chi connectivity index (χ2n) is 7.36. The lowest BCUT2D eigenvalue weighted by Crippen LogP contribution is -2.43. The average Bonchev–Trinajstić information content (AvgIpc) is 2.71. The largest absolute Gasteiger partial charge is 0.379 e. The first-order valence-electron chi connectivity index (χ1n) is 10.0. The van der Waals surface area contributed by atoms with Crippen molar-refractivity contribution in [3.63, 3.8) is 0 Å². The van der Waals surface area contributed by atoms with Crippen molar-refractivity contribution in [2.45, 2.75) is 32.2 Å². The number of nitrogens with one attached hydrogen (secondary N) is 1. The van der Waals surface area contributed by atoms with E-state index in [-0.39, 0.29) is 17.8 Å². The van der Waals surface area contributed by atoms with E-state index in [1.807, 2.05) is 6.07 Å². The van der Waals surface area contributed by atoms with E-state index in [0.29, 0.717) is 26.2 Å². The Bertz CT molecular complexity index is 757. The van der Waals surface area contributed by atoms with Gasteiger partial charge in [0.15, 0.2) is 0 Å². The number of carbonyl (C=O) groups excluding carboxylic acids is 1. The monoisotopic (exact) mass is 384 g/mol. The highest BCUT2D eigenvalue weighted by molar-refractivity contribution is 5.75. The molecule has 2 aromatic carbocycles. The summed E-state index contributed by atoms with van der Waals surface area (Å²) < 4.78 is 19.2. The summed E-state index contributed by atoms with van der Waals surface area (Å²) in [4.78, 5) is 14.6. The lowest BCUT2D eigenvalue weighted by Gasteiger charge is -2.35. The van der Waals surface area contributed by atoms with E-state index < -0.39 is 0 Å². The van der Waals surface area contributed by atoms with E-state index in [2.05, 4.69) is 41.4 Å². The zero-order valence-corrected chi connectivity index (χ0v) is 16.5. The standard InChI is InChI=1S/C23H29FN2O2/c1-18-8-10-19(11-9-18)4-2-7-23(27)25-17-22(26-12-14-28-15-13-26)20-5-3-6-21(24)16-20/h3,5-6,8-11,16,22H,2,4,7,12-15,17H2,1H3,(H,25,27). The summed E-state index contributed by atoms with van der Waals surface area (Å²) in [7, 11) is 0. The van der Waals surface area contributed by atoms with Gasteiger partial charge < -0.3 is 10.1 Å². The maximum atomic E-state index is 13.7. The molecule has 1 saturated heterocycles. The molecule has 0 aromatic heterocycles. The first kappa shape index (κ1) is 20.5. The Morgan fingerprint density at radius 2 is 1.93 bits per heavy atom. The van der Waals surface area contributed by atoms with Gasteiger partial charge in [0.2, 0.25) is 5.91 Å². The van der Waals surface area contributed by atoms with E-state index in [1.165, 1.54) is 17.2 Å². The number of benzene rings is 2. The number of nitrogens with zero attached hydrogens (tertiary/aromatic N) is 1. The Labute approximate surface area is 166 Å². The molecule has 1 heterocycles. The number of rotatable bonds is 8. The van der Waals surface area contributed by atoms with Crippen LogP contribution in [0.2, 0.25) is 0 Å². The summed E-state index contributed by atoms with van der Waals surface area (Å²) >= 11 is 0. The second-order valence-corrected chi connectivity index (χ2v) is 7.36. The summed E-state index contributed by atoms with van der Waals surface area (Å²) in [6.45, 7) is 5.44. The summed E-state index contributed by atoms with van der Waals surface area (Å²) in [5, 5.41) is 3.05. The molecule has 3 rings (SSSR count). The number of hydrogen-bond acceptors (Lipinski definition) is 3. The molecule has 1 fully saturated rings. The molecule has 1 amide bonds. The molecule has 0 aliphatic carbocycles. The molecule has 4 nitrogen and oxygen atoms in total. The van der Waals surface area contributed by atoms with Crippen LogP contribution in [-0.2, 0) is 16.0 Å². The number of ether oxygens (including phenoxy) is 1. The van der Waals surface area contributed by atoms with Crippen LogP contribution in [0.5, 0.6) is 0 Å². The van der Waals surface area contributed by atoms with Crippen LogP contribution < -0.4 is 5.32 Å². The van der Waals surface area contributed by atoms with Gasteiger partial charge in [0.05, 0.1) is 19.3 Å². The number of amides is 1. The van der Waals surface area contributed by atoms with Crippen molar-refractivity contribution >= 4 is 5.91 Å². The van der Waals surface area contributed by atoms with Gasteiger partial charge in [-0.1, -0.05) is 42.0 Å². The van der Waals surface area contributed by atoms with Crippen molar-refractivity contribution in [3.8, 4) is 0 Å². The Kier molecular flexibility index (Phi) is 7.57. The van der Waals surface area contributed by atoms with Gasteiger partial charge in [-0.15, -0.1) is 0 Å². The third-order valence-corrected chi connectivity index (χ3v) is 5.20. The Morgan fingerprint density at radius 1 is 1.18 bits per heavy atom. The molecular weight excluding hydrogens is 355 g/mol. The summed E-state index contributed by atoms with van der Waals surface area (Å²) in [6, 6.07) is 15.0. The van der Waals surface area contributed by atoms with E-state index in [0.717, 1.165) is 31.5 Å². The van der Waals surface area contributed by atoms with Crippen molar-refractivity contribution in [1.29, 1.82) is 0 Å². The minimum atomic E-state index is -0.250. The Balaban J connectivity index is 1.52. The molecule has 1 unspecified atom stereocenters. The van der Waals surface area contributed by atoms with Gasteiger partial charge in [-0.3, -0.25) is 9.69 Å². The van der Waals surface area contributed by atoms with Gasteiger partial charge in [0, 0.05) is 26.1 Å². The van der Waals surface area contributed by atoms with E-state index >= 15 is 0 Å². The number of halogens is 1. The normalized spacial score (nSPS) is 15.9. The fourth-order valence-corrected chi connectivity index (χ4v) is 3.57. The molecule has 1 aliphatic rings. The van der Waals surface area contributed by atoms with Crippen LogP contribution in [0, 0.1) is 12.7 Å². The van der Waals surface area contributed by atoms with Gasteiger partial charge in [0.25, 0.3) is 0 Å². The summed E-state index contributed by atoms with van der Waals surface area (Å²) in [6.07, 6.45) is 2.20. The fourth-order valence-electron chi connectivity index (χ4n) is 3.57. The molecule has 1 atom stereocenters. The third-order valence-electron chi connectivity index (χ3n) is 5.20. The highest BCUT2D eigenvalue weighted by Gasteiger charge is 2.23. The van der Waals surface area contributed by atoms with Gasteiger partial charge in [-0.25, -0.2) is 4.39 Å². The van der Waals surface area contributed by atoms with Crippen LogP contribution in [0.3, 0.4) is 0 Å². The maximum Gasteiger partial charge on any atom is 0.220 e. The Hall–Kier alpha value is -2.24. The minimum Gasteiger partial charge on any atom is -0.379 e. The SMILES string of the molecule is Cc1ccc(CCCC(=O)NCC(c2cccc(F)c2)N2CCOCC2)cc1. The molecule has 0 saturated carbocycles. The number of carbonyl (C=O) groups is 1. The zero-order chi connectivity index (χ0) is 19.8. The van der Waals surface area contributed by atoms with Crippen LogP contribution in [-0.4, -0.2) is 43.7 Å². The van der Waals surface area contributed by atoms with Gasteiger partial charge in [-0.05, 0) is 43.0 Å². The molecular formula is C23H29FN2O2. The zero-order valence-electron chi connectivity index (χ0n) is 16.5. The van der Waals surface area contributed by atoms with Crippen molar-refractivity contribution in [2.24, 2.45) is 0 Å². The smallest absolute Gasteiger partial charge is 0.220 e. The lowest BCUT2D eigenvalue weighted by atomic mass is 10.0. The van der Waals surface area contributed by atoms with Crippen LogP contribution in [0.1, 0.15) is 35.6 Å². The fraction of sp³-hybridized carbons (Fsp3) is 0.435. The van der Waals surface area contributed by atoms with E-state index in [9.17, 15) is 9.18 Å². The third kappa shape index (κ3) is 6.14.